The first-order valence-electron chi connectivity index (χ1n) is 7.16. The predicted molar refractivity (Wildman–Crippen MR) is 83.1 cm³/mol. The van der Waals surface area contributed by atoms with Crippen LogP contribution in [-0.2, 0) is 17.8 Å². The fourth-order valence-corrected chi connectivity index (χ4v) is 2.15. The van der Waals surface area contributed by atoms with E-state index in [1.165, 1.54) is 35.3 Å². The van der Waals surface area contributed by atoms with Crippen LogP contribution in [0.4, 0.5) is 19.3 Å². The molecule has 2 aromatic rings. The van der Waals surface area contributed by atoms with Crippen molar-refractivity contribution in [1.29, 1.82) is 0 Å². The van der Waals surface area contributed by atoms with E-state index < -0.39 is 29.6 Å². The van der Waals surface area contributed by atoms with Gasteiger partial charge in [0.1, 0.15) is 18.2 Å². The zero-order valence-corrected chi connectivity index (χ0v) is 12.9. The Hall–Kier alpha value is -2.97. The van der Waals surface area contributed by atoms with Crippen molar-refractivity contribution in [2.24, 2.45) is 5.73 Å². The molecule has 4 N–H and O–H groups in total. The van der Waals surface area contributed by atoms with Gasteiger partial charge in [-0.25, -0.2) is 13.6 Å². The summed E-state index contributed by atoms with van der Waals surface area (Å²) in [5.74, 6) is -1.87. The molecule has 0 aliphatic heterocycles. The van der Waals surface area contributed by atoms with Crippen LogP contribution in [0, 0.1) is 11.6 Å². The molecule has 9 heteroatoms. The molecule has 1 aromatic heterocycles. The van der Waals surface area contributed by atoms with E-state index in [0.717, 1.165) is 0 Å². The number of hydrogen-bond donors (Lipinski definition) is 3. The molecular weight excluding hydrogens is 320 g/mol. The van der Waals surface area contributed by atoms with E-state index in [9.17, 15) is 18.4 Å². The Labute approximate surface area is 136 Å². The van der Waals surface area contributed by atoms with Gasteiger partial charge in [0.25, 0.3) is 0 Å². The molecule has 0 saturated heterocycles. The van der Waals surface area contributed by atoms with Crippen molar-refractivity contribution >= 4 is 17.6 Å². The van der Waals surface area contributed by atoms with Crippen molar-refractivity contribution < 1.29 is 18.4 Å². The van der Waals surface area contributed by atoms with Gasteiger partial charge < -0.3 is 16.4 Å². The van der Waals surface area contributed by atoms with Crippen LogP contribution in [-0.4, -0.2) is 27.8 Å². The molecule has 0 aliphatic carbocycles. The summed E-state index contributed by atoms with van der Waals surface area (Å²) in [5, 5.41) is 8.93. The van der Waals surface area contributed by atoms with Crippen LogP contribution in [0.1, 0.15) is 12.5 Å². The number of carbonyl (C=O) groups is 2. The zero-order chi connectivity index (χ0) is 17.7. The third-order valence-electron chi connectivity index (χ3n) is 3.16. The fraction of sp³-hybridized carbons (Fsp3) is 0.267. The minimum atomic E-state index is -0.656. The normalized spacial score (nSPS) is 11.8. The smallest absolute Gasteiger partial charge is 0.319 e. The molecule has 1 atom stereocenters. The number of anilines is 1. The summed E-state index contributed by atoms with van der Waals surface area (Å²) >= 11 is 0. The predicted octanol–water partition coefficient (Wildman–Crippen LogP) is 1.40. The van der Waals surface area contributed by atoms with Gasteiger partial charge in [0, 0.05) is 17.8 Å². The van der Waals surface area contributed by atoms with Crippen LogP contribution in [0.2, 0.25) is 0 Å². The third-order valence-corrected chi connectivity index (χ3v) is 3.16. The van der Waals surface area contributed by atoms with Crippen molar-refractivity contribution in [3.05, 3.63) is 47.8 Å². The van der Waals surface area contributed by atoms with Crippen molar-refractivity contribution in [3.8, 4) is 0 Å². The van der Waals surface area contributed by atoms with Crippen LogP contribution in [0.25, 0.3) is 0 Å². The van der Waals surface area contributed by atoms with E-state index in [1.54, 1.807) is 6.92 Å². The highest BCUT2D eigenvalue weighted by atomic mass is 19.1. The first-order valence-corrected chi connectivity index (χ1v) is 7.16. The van der Waals surface area contributed by atoms with Gasteiger partial charge in [-0.3, -0.25) is 9.48 Å². The highest BCUT2D eigenvalue weighted by Crippen LogP contribution is 2.14. The van der Waals surface area contributed by atoms with Gasteiger partial charge in [0.05, 0.1) is 11.9 Å². The molecule has 0 fully saturated rings. The summed E-state index contributed by atoms with van der Waals surface area (Å²) in [6.45, 7) is 1.52. The third kappa shape index (κ3) is 4.77. The molecule has 3 amide bonds. The monoisotopic (exact) mass is 337 g/mol. The summed E-state index contributed by atoms with van der Waals surface area (Å²) < 4.78 is 28.4. The van der Waals surface area contributed by atoms with Crippen molar-refractivity contribution in [1.82, 2.24) is 15.1 Å². The summed E-state index contributed by atoms with van der Waals surface area (Å²) in [5.41, 5.74) is 5.31. The lowest BCUT2D eigenvalue weighted by Gasteiger charge is -2.15. The second kappa shape index (κ2) is 7.53. The number of hydrogen-bond acceptors (Lipinski definition) is 3. The standard InChI is InChI=1S/C15H17F2N5O2/c1-9(5-11-12(16)3-2-4-13(11)17)20-15(24)21-10-6-19-22(7-10)8-14(18)23/h2-4,6-7,9H,5,8H2,1H3,(H2,18,23)(H2,20,21,24)/t9-/m0/s1. The summed E-state index contributed by atoms with van der Waals surface area (Å²) in [6.07, 6.45) is 2.79. The van der Waals surface area contributed by atoms with Crippen LogP contribution in [0.15, 0.2) is 30.6 Å². The van der Waals surface area contributed by atoms with Gasteiger partial charge >= 0.3 is 6.03 Å². The van der Waals surface area contributed by atoms with Crippen LogP contribution < -0.4 is 16.4 Å². The number of halogens is 2. The fourth-order valence-electron chi connectivity index (χ4n) is 2.15. The van der Waals surface area contributed by atoms with E-state index in [-0.39, 0.29) is 18.5 Å². The lowest BCUT2D eigenvalue weighted by Crippen LogP contribution is -2.37. The summed E-state index contributed by atoms with van der Waals surface area (Å²) in [4.78, 5) is 22.7. The minimum absolute atomic E-state index is 0.00681. The molecule has 1 aromatic carbocycles. The molecular formula is C15H17F2N5O2. The van der Waals surface area contributed by atoms with E-state index in [4.69, 9.17) is 5.73 Å². The number of rotatable bonds is 6. The molecule has 24 heavy (non-hydrogen) atoms. The van der Waals surface area contributed by atoms with E-state index >= 15 is 0 Å². The molecule has 1 heterocycles. The number of carbonyl (C=O) groups excluding carboxylic acids is 2. The van der Waals surface area contributed by atoms with Gasteiger partial charge in [-0.1, -0.05) is 6.07 Å². The first kappa shape index (κ1) is 17.4. The van der Waals surface area contributed by atoms with Gasteiger partial charge in [0.15, 0.2) is 0 Å². The highest BCUT2D eigenvalue weighted by molar-refractivity contribution is 5.89. The van der Waals surface area contributed by atoms with Gasteiger partial charge in [0.2, 0.25) is 5.91 Å². The number of primary amides is 1. The number of nitrogens with one attached hydrogen (secondary N) is 2. The molecule has 0 spiro atoms. The highest BCUT2D eigenvalue weighted by Gasteiger charge is 2.14. The lowest BCUT2D eigenvalue weighted by molar-refractivity contribution is -0.118. The number of nitrogens with two attached hydrogens (primary N) is 1. The Morgan fingerprint density at radius 2 is 2.00 bits per heavy atom. The van der Waals surface area contributed by atoms with E-state index in [2.05, 4.69) is 15.7 Å². The van der Waals surface area contributed by atoms with Crippen LogP contribution in [0.3, 0.4) is 0 Å². The Bertz CT molecular complexity index is 727. The topological polar surface area (TPSA) is 102 Å². The molecule has 7 nitrogen and oxygen atoms in total. The Morgan fingerprint density at radius 1 is 1.33 bits per heavy atom. The SMILES string of the molecule is C[C@@H](Cc1c(F)cccc1F)NC(=O)Nc1cnn(CC(N)=O)c1. The lowest BCUT2D eigenvalue weighted by atomic mass is 10.1. The molecule has 0 bridgehead atoms. The average molecular weight is 337 g/mol. The molecule has 0 aliphatic rings. The van der Waals surface area contributed by atoms with E-state index in [0.29, 0.717) is 5.69 Å². The number of nitrogens with zero attached hydrogens (tertiary/aromatic N) is 2. The number of aromatic nitrogens is 2. The van der Waals surface area contributed by atoms with Crippen LogP contribution >= 0.6 is 0 Å². The molecule has 128 valence electrons. The van der Waals surface area contributed by atoms with Gasteiger partial charge in [-0.2, -0.15) is 5.10 Å². The van der Waals surface area contributed by atoms with Crippen molar-refractivity contribution in [3.63, 3.8) is 0 Å². The molecule has 0 unspecified atom stereocenters. The quantitative estimate of drug-likeness (QED) is 0.742. The summed E-state index contributed by atoms with van der Waals surface area (Å²) in [6, 6.07) is 2.55. The maximum Gasteiger partial charge on any atom is 0.319 e. The van der Waals surface area contributed by atoms with Crippen LogP contribution in [0.5, 0.6) is 0 Å². The average Bonchev–Trinajstić information content (AvgIpc) is 2.89. The van der Waals surface area contributed by atoms with Crippen molar-refractivity contribution in [2.75, 3.05) is 5.32 Å². The second-order valence-corrected chi connectivity index (χ2v) is 5.30. The molecule has 2 rings (SSSR count). The molecule has 0 saturated carbocycles. The maximum atomic E-state index is 13.6. The summed E-state index contributed by atoms with van der Waals surface area (Å²) in [7, 11) is 0. The number of benzene rings is 1. The zero-order valence-electron chi connectivity index (χ0n) is 12.9. The number of urea groups is 1. The van der Waals surface area contributed by atoms with E-state index in [1.807, 2.05) is 0 Å². The van der Waals surface area contributed by atoms with Gasteiger partial charge in [-0.15, -0.1) is 0 Å². The maximum absolute atomic E-state index is 13.6. The Balaban J connectivity index is 1.90. The van der Waals surface area contributed by atoms with Crippen molar-refractivity contribution in [2.45, 2.75) is 25.9 Å². The Kier molecular flexibility index (Phi) is 5.46. The second-order valence-electron chi connectivity index (χ2n) is 5.30. The Morgan fingerprint density at radius 3 is 2.62 bits per heavy atom. The van der Waals surface area contributed by atoms with Gasteiger partial charge in [-0.05, 0) is 25.5 Å². The first-order chi connectivity index (χ1) is 11.3. The largest absolute Gasteiger partial charge is 0.368 e. The molecule has 0 radical (unpaired) electrons. The minimum Gasteiger partial charge on any atom is -0.368 e. The number of amides is 3.